The second-order valence-electron chi connectivity index (χ2n) is 5.45. The Bertz CT molecular complexity index is 553. The van der Waals surface area contributed by atoms with E-state index in [2.05, 4.69) is 55.1 Å². The molecule has 0 aromatic heterocycles. The van der Waals surface area contributed by atoms with Gasteiger partial charge in [-0.3, -0.25) is 0 Å². The van der Waals surface area contributed by atoms with Crippen LogP contribution in [0.1, 0.15) is 63.0 Å². The molecule has 2 aromatic carbocycles. The molecule has 2 aromatic rings. The van der Waals surface area contributed by atoms with Gasteiger partial charge in [0, 0.05) is 12.1 Å². The molecule has 0 heterocycles. The summed E-state index contributed by atoms with van der Waals surface area (Å²) >= 11 is 5.49. The van der Waals surface area contributed by atoms with Crippen molar-refractivity contribution in [2.24, 2.45) is 5.73 Å². The fourth-order valence-corrected chi connectivity index (χ4v) is 2.08. The molecule has 0 saturated heterocycles. The summed E-state index contributed by atoms with van der Waals surface area (Å²) in [5.74, 6) is 0. The Hall–Kier alpha value is -1.35. The second kappa shape index (κ2) is 12.1. The molecule has 0 fully saturated rings. The van der Waals surface area contributed by atoms with Crippen LogP contribution in [0.25, 0.3) is 0 Å². The highest BCUT2D eigenvalue weighted by molar-refractivity contribution is 6.13. The molecule has 0 spiro atoms. The molecule has 0 amide bonds. The molecule has 0 aliphatic carbocycles. The number of hydrogen-bond donors (Lipinski definition) is 2. The zero-order valence-corrected chi connectivity index (χ0v) is 14.0. The SMILES string of the molecule is C.C.Cc1cccc([C@H](C)N)c1.Cc1cccc([C@H](C)NCl)c1. The number of aryl methyl sites for hydroxylation is 2. The van der Waals surface area contributed by atoms with Crippen LogP contribution in [-0.2, 0) is 0 Å². The molecule has 0 aliphatic rings. The van der Waals surface area contributed by atoms with Gasteiger partial charge in [0.25, 0.3) is 0 Å². The summed E-state index contributed by atoms with van der Waals surface area (Å²) in [6.07, 6.45) is 0. The summed E-state index contributed by atoms with van der Waals surface area (Å²) in [6.45, 7) is 8.17. The maximum atomic E-state index is 5.68. The molecular formula is C20H33ClN2. The van der Waals surface area contributed by atoms with Gasteiger partial charge in [-0.25, -0.2) is 4.84 Å². The molecular weight excluding hydrogens is 304 g/mol. The Morgan fingerprint density at radius 3 is 1.65 bits per heavy atom. The van der Waals surface area contributed by atoms with E-state index in [-0.39, 0.29) is 26.9 Å². The predicted molar refractivity (Wildman–Crippen MR) is 106 cm³/mol. The number of nitrogens with one attached hydrogen (secondary N) is 1. The van der Waals surface area contributed by atoms with E-state index in [1.54, 1.807) is 0 Å². The molecule has 2 nitrogen and oxygen atoms in total. The molecule has 0 saturated carbocycles. The van der Waals surface area contributed by atoms with Gasteiger partial charge in [-0.2, -0.15) is 0 Å². The molecule has 130 valence electrons. The third-order valence-electron chi connectivity index (χ3n) is 3.27. The zero-order chi connectivity index (χ0) is 15.8. The van der Waals surface area contributed by atoms with Crippen LogP contribution in [0.4, 0.5) is 0 Å². The molecule has 2 rings (SSSR count). The van der Waals surface area contributed by atoms with Crippen molar-refractivity contribution < 1.29 is 0 Å². The Morgan fingerprint density at radius 1 is 0.870 bits per heavy atom. The lowest BCUT2D eigenvalue weighted by atomic mass is 10.1. The van der Waals surface area contributed by atoms with E-state index in [0.29, 0.717) is 0 Å². The van der Waals surface area contributed by atoms with Crippen molar-refractivity contribution in [3.63, 3.8) is 0 Å². The summed E-state index contributed by atoms with van der Waals surface area (Å²) in [5, 5.41) is 0. The summed E-state index contributed by atoms with van der Waals surface area (Å²) in [4.78, 5) is 2.68. The minimum atomic E-state index is 0. The molecule has 3 N–H and O–H groups in total. The van der Waals surface area contributed by atoms with Crippen LogP contribution >= 0.6 is 11.8 Å². The topological polar surface area (TPSA) is 38.0 Å². The normalized spacial score (nSPS) is 11.9. The molecule has 2 atom stereocenters. The molecule has 3 heteroatoms. The maximum absolute atomic E-state index is 5.68. The van der Waals surface area contributed by atoms with E-state index in [1.807, 2.05) is 26.0 Å². The van der Waals surface area contributed by atoms with Crippen molar-refractivity contribution in [2.45, 2.75) is 54.6 Å². The Kier molecular flexibility index (Phi) is 12.6. The van der Waals surface area contributed by atoms with Crippen LogP contribution in [0.15, 0.2) is 48.5 Å². The zero-order valence-electron chi connectivity index (χ0n) is 13.2. The summed E-state index contributed by atoms with van der Waals surface area (Å²) in [5.41, 5.74) is 10.7. The smallest absolute Gasteiger partial charge is 0.0442 e. The van der Waals surface area contributed by atoms with Crippen LogP contribution in [0.2, 0.25) is 0 Å². The highest BCUT2D eigenvalue weighted by atomic mass is 35.5. The first-order valence-corrected chi connectivity index (χ1v) is 7.56. The standard InChI is InChI=1S/C9H12ClN.C9H13N.2CH4/c1-7-4-3-5-9(6-7)8(2)11-10;1-7-4-3-5-9(6-7)8(2)10;;/h3-6,8,11H,1-2H3;3-6,8H,10H2,1-2H3;2*1H4/t2*8-;;/m00../s1. The van der Waals surface area contributed by atoms with Crippen molar-refractivity contribution in [2.75, 3.05) is 0 Å². The van der Waals surface area contributed by atoms with E-state index in [9.17, 15) is 0 Å². The highest BCUT2D eigenvalue weighted by Crippen LogP contribution is 2.13. The first kappa shape index (κ1) is 23.9. The molecule has 0 radical (unpaired) electrons. The summed E-state index contributed by atoms with van der Waals surface area (Å²) in [6, 6.07) is 17.0. The van der Waals surface area contributed by atoms with Crippen LogP contribution in [-0.4, -0.2) is 0 Å². The summed E-state index contributed by atoms with van der Waals surface area (Å²) < 4.78 is 0. The quantitative estimate of drug-likeness (QED) is 0.666. The largest absolute Gasteiger partial charge is 0.324 e. The minimum Gasteiger partial charge on any atom is -0.324 e. The van der Waals surface area contributed by atoms with E-state index < -0.39 is 0 Å². The van der Waals surface area contributed by atoms with Crippen LogP contribution in [0.5, 0.6) is 0 Å². The lowest BCUT2D eigenvalue weighted by Crippen LogP contribution is -2.06. The third-order valence-corrected chi connectivity index (χ3v) is 3.60. The molecule has 23 heavy (non-hydrogen) atoms. The van der Waals surface area contributed by atoms with Gasteiger partial charge in [-0.05, 0) is 50.6 Å². The van der Waals surface area contributed by atoms with Crippen molar-refractivity contribution >= 4 is 11.8 Å². The molecule has 0 aliphatic heterocycles. The van der Waals surface area contributed by atoms with E-state index in [0.717, 1.165) is 0 Å². The third kappa shape index (κ3) is 8.75. The van der Waals surface area contributed by atoms with E-state index in [1.165, 1.54) is 22.3 Å². The minimum absolute atomic E-state index is 0. The van der Waals surface area contributed by atoms with Gasteiger partial charge in [0.05, 0.1) is 0 Å². The number of halogens is 1. The number of nitrogens with two attached hydrogens (primary N) is 1. The van der Waals surface area contributed by atoms with Crippen molar-refractivity contribution in [3.8, 4) is 0 Å². The average Bonchev–Trinajstić information content (AvgIpc) is 2.47. The van der Waals surface area contributed by atoms with E-state index in [4.69, 9.17) is 17.5 Å². The Balaban J connectivity index is 0. The lowest BCUT2D eigenvalue weighted by Gasteiger charge is -2.08. The Labute approximate surface area is 148 Å². The fourth-order valence-electron chi connectivity index (χ4n) is 1.96. The molecule has 0 unspecified atom stereocenters. The second-order valence-corrected chi connectivity index (χ2v) is 5.67. The van der Waals surface area contributed by atoms with Gasteiger partial charge in [-0.1, -0.05) is 74.5 Å². The van der Waals surface area contributed by atoms with Crippen LogP contribution in [0.3, 0.4) is 0 Å². The van der Waals surface area contributed by atoms with Crippen LogP contribution < -0.4 is 10.6 Å². The maximum Gasteiger partial charge on any atom is 0.0442 e. The lowest BCUT2D eigenvalue weighted by molar-refractivity contribution is 0.744. The van der Waals surface area contributed by atoms with Gasteiger partial charge >= 0.3 is 0 Å². The average molecular weight is 337 g/mol. The fraction of sp³-hybridized carbons (Fsp3) is 0.400. The monoisotopic (exact) mass is 336 g/mol. The summed E-state index contributed by atoms with van der Waals surface area (Å²) in [7, 11) is 0. The van der Waals surface area contributed by atoms with Gasteiger partial charge in [0.2, 0.25) is 0 Å². The predicted octanol–water partition coefficient (Wildman–Crippen LogP) is 6.09. The van der Waals surface area contributed by atoms with Crippen molar-refractivity contribution in [1.82, 2.24) is 4.84 Å². The van der Waals surface area contributed by atoms with Gasteiger partial charge < -0.3 is 5.73 Å². The van der Waals surface area contributed by atoms with Gasteiger partial charge in [0.15, 0.2) is 0 Å². The number of rotatable bonds is 3. The molecule has 0 bridgehead atoms. The highest BCUT2D eigenvalue weighted by Gasteiger charge is 2.01. The number of hydrogen-bond acceptors (Lipinski definition) is 2. The van der Waals surface area contributed by atoms with Gasteiger partial charge in [-0.15, -0.1) is 0 Å². The first-order chi connectivity index (χ1) is 9.93. The Morgan fingerprint density at radius 2 is 1.30 bits per heavy atom. The van der Waals surface area contributed by atoms with Gasteiger partial charge in [0.1, 0.15) is 0 Å². The van der Waals surface area contributed by atoms with Crippen LogP contribution in [0, 0.1) is 13.8 Å². The van der Waals surface area contributed by atoms with Crippen molar-refractivity contribution in [1.29, 1.82) is 0 Å². The van der Waals surface area contributed by atoms with Crippen molar-refractivity contribution in [3.05, 3.63) is 70.8 Å². The number of benzene rings is 2. The first-order valence-electron chi connectivity index (χ1n) is 7.19. The van der Waals surface area contributed by atoms with E-state index >= 15 is 0 Å².